The quantitative estimate of drug-likeness (QED) is 0.345. The minimum atomic E-state index is -2.91. The van der Waals surface area contributed by atoms with Crippen LogP contribution in [0.25, 0.3) is 0 Å². The molecule has 1 heterocycles. The predicted molar refractivity (Wildman–Crippen MR) is 128 cm³/mol. The number of carbonyl (C=O) groups excluding carboxylic acids is 3. The zero-order valence-electron chi connectivity index (χ0n) is 21.2. The lowest BCUT2D eigenvalue weighted by Gasteiger charge is -2.50. The number of phenolic OH excluding ortho intramolecular Hbond substituents is 1. The van der Waals surface area contributed by atoms with E-state index in [-0.39, 0.29) is 43.5 Å². The highest BCUT2D eigenvalue weighted by Gasteiger charge is 2.63. The first-order chi connectivity index (χ1) is 18.1. The van der Waals surface area contributed by atoms with Gasteiger partial charge >= 0.3 is 0 Å². The fraction of sp³-hybridized carbons (Fsp3) is 0.500. The van der Waals surface area contributed by atoms with Gasteiger partial charge in [0.2, 0.25) is 5.78 Å². The lowest BCUT2D eigenvalue weighted by Crippen LogP contribution is -2.63. The first-order valence-electron chi connectivity index (χ1n) is 12.4. The molecule has 0 unspecified atom stereocenters. The van der Waals surface area contributed by atoms with Gasteiger partial charge in [-0.1, -0.05) is 0 Å². The van der Waals surface area contributed by atoms with Gasteiger partial charge in [-0.2, -0.15) is 0 Å². The second kappa shape index (κ2) is 8.80. The highest BCUT2D eigenvalue weighted by Crippen LogP contribution is 2.52. The van der Waals surface area contributed by atoms with Gasteiger partial charge in [0.1, 0.15) is 28.7 Å². The Balaban J connectivity index is 1.61. The molecule has 1 amide bonds. The number of aliphatic hydroxyl groups is 3. The molecule has 1 aromatic carbocycles. The van der Waals surface area contributed by atoms with Crippen LogP contribution in [0.5, 0.6) is 5.75 Å². The van der Waals surface area contributed by atoms with Crippen LogP contribution in [-0.4, -0.2) is 92.4 Å². The number of alkyl halides is 2. The molecule has 1 saturated heterocycles. The Morgan fingerprint density at radius 3 is 2.46 bits per heavy atom. The van der Waals surface area contributed by atoms with E-state index in [0.29, 0.717) is 0 Å². The number of phenols is 1. The molecular weight excluding hydrogens is 523 g/mol. The maximum Gasteiger partial charge on any atom is 0.261 e. The third-order valence-corrected chi connectivity index (χ3v) is 8.37. The maximum atomic E-state index is 15.7. The average Bonchev–Trinajstić information content (AvgIpc) is 3.17. The van der Waals surface area contributed by atoms with Gasteiger partial charge in [-0.25, -0.2) is 13.2 Å². The van der Waals surface area contributed by atoms with E-state index in [1.54, 1.807) is 0 Å². The number of nitrogens with zero attached hydrogens (tertiary/aromatic N) is 2. The summed E-state index contributed by atoms with van der Waals surface area (Å²) in [6.45, 7) is -0.766. The van der Waals surface area contributed by atoms with Gasteiger partial charge in [0.25, 0.3) is 11.8 Å². The van der Waals surface area contributed by atoms with E-state index in [9.17, 15) is 43.6 Å². The summed E-state index contributed by atoms with van der Waals surface area (Å²) in [6, 6.07) is -0.197. The summed E-state index contributed by atoms with van der Waals surface area (Å²) in [5.74, 6) is -12.1. The van der Waals surface area contributed by atoms with Gasteiger partial charge in [0.05, 0.1) is 18.2 Å². The number of allylic oxidation sites excluding steroid dienone is 1. The summed E-state index contributed by atoms with van der Waals surface area (Å²) in [5.41, 5.74) is 0.454. The fourth-order valence-corrected chi connectivity index (χ4v) is 6.65. The molecule has 10 nitrogen and oxygen atoms in total. The van der Waals surface area contributed by atoms with Crippen LogP contribution in [-0.2, 0) is 22.6 Å². The van der Waals surface area contributed by atoms with Crippen LogP contribution in [0.1, 0.15) is 34.3 Å². The molecular formula is C26H28F3N3O7. The van der Waals surface area contributed by atoms with E-state index < -0.39 is 93.2 Å². The molecule has 0 bridgehead atoms. The van der Waals surface area contributed by atoms with Gasteiger partial charge < -0.3 is 26.2 Å². The summed E-state index contributed by atoms with van der Waals surface area (Å²) < 4.78 is 43.0. The Kier molecular flexibility index (Phi) is 6.13. The van der Waals surface area contributed by atoms with Gasteiger partial charge in [-0.05, 0) is 38.9 Å². The van der Waals surface area contributed by atoms with E-state index in [0.717, 1.165) is 6.07 Å². The number of likely N-dealkylation sites (tertiary alicyclic amines) is 1. The molecule has 6 N–H and O–H groups in total. The summed E-state index contributed by atoms with van der Waals surface area (Å²) in [7, 11) is 3.00. The number of fused-ring (bicyclic) bond motifs is 3. The number of hydrogen-bond donors (Lipinski definition) is 5. The topological polar surface area (TPSA) is 165 Å². The molecule has 0 aromatic heterocycles. The first-order valence-corrected chi connectivity index (χ1v) is 12.4. The lowest BCUT2D eigenvalue weighted by molar-refractivity contribution is -0.148. The minimum absolute atomic E-state index is 0.0249. The van der Waals surface area contributed by atoms with Crippen molar-refractivity contribution in [2.24, 2.45) is 17.6 Å². The SMILES string of the molecule is CN(C)[C@@H]1C(O)=C(C(N)=O)C(=O)[C@@]2(O)C(O)=C3C(=O)c4c(O)cc(CN5CCC(F)(F)C5)c(F)c4C[C@H]3C[C@@H]12. The smallest absolute Gasteiger partial charge is 0.261 e. The van der Waals surface area contributed by atoms with Crippen LogP contribution in [0.15, 0.2) is 28.7 Å². The van der Waals surface area contributed by atoms with Gasteiger partial charge in [-0.15, -0.1) is 0 Å². The summed E-state index contributed by atoms with van der Waals surface area (Å²) >= 11 is 0. The Bertz CT molecular complexity index is 1390. The number of hydrogen-bond acceptors (Lipinski definition) is 9. The average molecular weight is 552 g/mol. The molecule has 4 atom stereocenters. The van der Waals surface area contributed by atoms with E-state index in [1.807, 2.05) is 0 Å². The molecule has 1 aliphatic heterocycles. The Morgan fingerprint density at radius 1 is 1.23 bits per heavy atom. The molecule has 39 heavy (non-hydrogen) atoms. The molecule has 0 spiro atoms. The van der Waals surface area contributed by atoms with E-state index in [4.69, 9.17) is 5.73 Å². The maximum absolute atomic E-state index is 15.7. The number of aromatic hydroxyl groups is 1. The molecule has 210 valence electrons. The van der Waals surface area contributed by atoms with Crippen LogP contribution in [0.4, 0.5) is 13.2 Å². The van der Waals surface area contributed by atoms with Crippen LogP contribution < -0.4 is 5.73 Å². The van der Waals surface area contributed by atoms with Gasteiger partial charge in [-0.3, -0.25) is 24.2 Å². The van der Waals surface area contributed by atoms with Crippen molar-refractivity contribution in [2.75, 3.05) is 27.2 Å². The van der Waals surface area contributed by atoms with E-state index in [1.165, 1.54) is 23.9 Å². The Labute approximate surface area is 220 Å². The summed E-state index contributed by atoms with van der Waals surface area (Å²) in [6.07, 6.45) is -0.791. The molecule has 1 aromatic rings. The standard InChI is InChI=1S/C26H28F3N3O7/c1-31(2)19-13-6-10-5-12-16(14(33)7-11(18(12)27)8-32-4-3-25(28,29)9-32)20(34)15(10)22(36)26(13,39)23(37)17(21(19)35)24(30)38/h7,10,13,19,33,35-36,39H,3-6,8-9H2,1-2H3,(H2,30,38)/t10-,13-,19-,26-/m0/s1. The number of likely N-dealkylation sites (N-methyl/N-ethyl adjacent to an activating group) is 1. The second-order valence-electron chi connectivity index (χ2n) is 11.0. The third kappa shape index (κ3) is 3.85. The lowest BCUT2D eigenvalue weighted by atomic mass is 9.58. The number of nitrogens with two attached hydrogens (primary N) is 1. The number of rotatable bonds is 4. The van der Waals surface area contributed by atoms with Crippen molar-refractivity contribution in [3.8, 4) is 5.75 Å². The van der Waals surface area contributed by atoms with Crippen LogP contribution >= 0.6 is 0 Å². The van der Waals surface area contributed by atoms with Crippen molar-refractivity contribution in [3.05, 3.63) is 51.2 Å². The number of benzene rings is 1. The highest BCUT2D eigenvalue weighted by molar-refractivity contribution is 6.24. The molecule has 0 radical (unpaired) electrons. The number of amides is 1. The molecule has 1 fully saturated rings. The zero-order chi connectivity index (χ0) is 28.8. The molecule has 3 aliphatic carbocycles. The summed E-state index contributed by atoms with van der Waals surface area (Å²) in [5, 5.41) is 44.3. The van der Waals surface area contributed by atoms with Gasteiger partial charge in [0.15, 0.2) is 11.4 Å². The van der Waals surface area contributed by atoms with Crippen LogP contribution in [0, 0.1) is 17.7 Å². The third-order valence-electron chi connectivity index (χ3n) is 8.37. The molecule has 4 aliphatic rings. The van der Waals surface area contributed by atoms with Crippen molar-refractivity contribution < 1.29 is 48.0 Å². The van der Waals surface area contributed by atoms with Crippen molar-refractivity contribution in [1.82, 2.24) is 9.80 Å². The van der Waals surface area contributed by atoms with E-state index >= 15 is 4.39 Å². The fourth-order valence-electron chi connectivity index (χ4n) is 6.65. The number of Topliss-reactive ketones (excluding diaryl/α,β-unsaturated/α-hetero) is 2. The molecule has 0 saturated carbocycles. The van der Waals surface area contributed by atoms with Crippen LogP contribution in [0.3, 0.4) is 0 Å². The van der Waals surface area contributed by atoms with Crippen molar-refractivity contribution in [1.29, 1.82) is 0 Å². The number of ketones is 2. The van der Waals surface area contributed by atoms with Crippen molar-refractivity contribution >= 4 is 17.5 Å². The highest BCUT2D eigenvalue weighted by atomic mass is 19.3. The first kappa shape index (κ1) is 27.2. The zero-order valence-corrected chi connectivity index (χ0v) is 21.2. The normalized spacial score (nSPS) is 30.5. The minimum Gasteiger partial charge on any atom is -0.510 e. The van der Waals surface area contributed by atoms with Gasteiger partial charge in [0, 0.05) is 42.1 Å². The molecule has 5 rings (SSSR count). The van der Waals surface area contributed by atoms with Crippen molar-refractivity contribution in [2.45, 2.75) is 43.4 Å². The second-order valence-corrected chi connectivity index (χ2v) is 11.0. The Hall–Kier alpha value is -3.42. The number of primary amides is 1. The van der Waals surface area contributed by atoms with Crippen molar-refractivity contribution in [3.63, 3.8) is 0 Å². The van der Waals surface area contributed by atoms with Crippen LogP contribution in [0.2, 0.25) is 0 Å². The number of aliphatic hydroxyl groups excluding tert-OH is 2. The Morgan fingerprint density at radius 2 is 1.90 bits per heavy atom. The largest absolute Gasteiger partial charge is 0.510 e. The number of carbonyl (C=O) groups is 3. The van der Waals surface area contributed by atoms with E-state index in [2.05, 4.69) is 0 Å². The predicted octanol–water partition coefficient (Wildman–Crippen LogP) is 1.10. The molecule has 13 heteroatoms. The monoisotopic (exact) mass is 551 g/mol. The number of halogens is 3. The summed E-state index contributed by atoms with van der Waals surface area (Å²) in [4.78, 5) is 41.6.